The minimum Gasteiger partial charge on any atom is -0.463 e. The summed E-state index contributed by atoms with van der Waals surface area (Å²) in [6.45, 7) is 3.24. The van der Waals surface area contributed by atoms with Crippen LogP contribution in [0.1, 0.15) is 25.7 Å². The first-order chi connectivity index (χ1) is 7.75. The van der Waals surface area contributed by atoms with Crippen LogP contribution in [-0.2, 0) is 19.1 Å². The molecule has 2 fully saturated rings. The van der Waals surface area contributed by atoms with Gasteiger partial charge in [0.15, 0.2) is 0 Å². The zero-order valence-corrected chi connectivity index (χ0v) is 9.31. The molecule has 2 rings (SSSR count). The molecule has 2 aliphatic rings. The molecule has 1 atom stereocenters. The summed E-state index contributed by atoms with van der Waals surface area (Å²) in [6, 6.07) is 0. The Balaban J connectivity index is 1.65. The Morgan fingerprint density at radius 1 is 1.44 bits per heavy atom. The molecule has 5 heteroatoms. The fraction of sp³-hybridized carbons (Fsp3) is 0.818. The number of nitrogens with zero attached hydrogens (tertiary/aromatic N) is 1. The van der Waals surface area contributed by atoms with E-state index in [1.807, 2.05) is 0 Å². The highest BCUT2D eigenvalue weighted by molar-refractivity contribution is 5.80. The van der Waals surface area contributed by atoms with Crippen LogP contribution in [0.15, 0.2) is 0 Å². The molecule has 2 aliphatic heterocycles. The van der Waals surface area contributed by atoms with E-state index in [4.69, 9.17) is 9.47 Å². The van der Waals surface area contributed by atoms with Gasteiger partial charge in [0, 0.05) is 13.0 Å². The summed E-state index contributed by atoms with van der Waals surface area (Å²) in [6.07, 6.45) is 2.62. The van der Waals surface area contributed by atoms with Crippen LogP contribution in [0.25, 0.3) is 0 Å². The first-order valence-corrected chi connectivity index (χ1v) is 5.84. The van der Waals surface area contributed by atoms with Gasteiger partial charge in [-0.05, 0) is 25.9 Å². The molecule has 2 saturated heterocycles. The summed E-state index contributed by atoms with van der Waals surface area (Å²) in [5.41, 5.74) is 0. The predicted octanol–water partition coefficient (Wildman–Crippen LogP) is 0.331. The highest BCUT2D eigenvalue weighted by Gasteiger charge is 2.30. The third kappa shape index (κ3) is 2.95. The topological polar surface area (TPSA) is 55.8 Å². The van der Waals surface area contributed by atoms with E-state index in [2.05, 4.69) is 4.90 Å². The molecule has 0 N–H and O–H groups in total. The van der Waals surface area contributed by atoms with Gasteiger partial charge in [0.1, 0.15) is 0 Å². The molecule has 0 spiro atoms. The Morgan fingerprint density at radius 2 is 2.19 bits per heavy atom. The van der Waals surface area contributed by atoms with Crippen LogP contribution in [0.5, 0.6) is 0 Å². The van der Waals surface area contributed by atoms with Gasteiger partial charge in [-0.1, -0.05) is 0 Å². The van der Waals surface area contributed by atoms with Crippen LogP contribution >= 0.6 is 0 Å². The van der Waals surface area contributed by atoms with E-state index in [1.54, 1.807) is 0 Å². The zero-order chi connectivity index (χ0) is 11.4. The first-order valence-electron chi connectivity index (χ1n) is 5.84. The third-order valence-electron chi connectivity index (χ3n) is 2.99. The molecule has 2 heterocycles. The molecule has 0 amide bonds. The van der Waals surface area contributed by atoms with Crippen LogP contribution < -0.4 is 0 Å². The predicted molar refractivity (Wildman–Crippen MR) is 55.7 cm³/mol. The van der Waals surface area contributed by atoms with Gasteiger partial charge < -0.3 is 14.4 Å². The standard InChI is InChI=1S/C11H17NO4/c13-10(3-7-12-5-1-2-6-12)16-9-4-8-15-11(9)14/h9H,1-8H2. The van der Waals surface area contributed by atoms with Crippen molar-refractivity contribution in [3.05, 3.63) is 0 Å². The zero-order valence-electron chi connectivity index (χ0n) is 9.31. The molecule has 0 aromatic carbocycles. The van der Waals surface area contributed by atoms with Crippen molar-refractivity contribution in [2.45, 2.75) is 31.8 Å². The van der Waals surface area contributed by atoms with Gasteiger partial charge in [0.2, 0.25) is 6.10 Å². The van der Waals surface area contributed by atoms with Crippen LogP contribution in [0.2, 0.25) is 0 Å². The van der Waals surface area contributed by atoms with E-state index in [1.165, 1.54) is 12.8 Å². The molecule has 90 valence electrons. The maximum absolute atomic E-state index is 11.4. The molecule has 1 unspecified atom stereocenters. The number of carbonyl (C=O) groups excluding carboxylic acids is 2. The number of esters is 2. The van der Waals surface area contributed by atoms with Crippen molar-refractivity contribution < 1.29 is 19.1 Å². The van der Waals surface area contributed by atoms with E-state index >= 15 is 0 Å². The molecular weight excluding hydrogens is 210 g/mol. The van der Waals surface area contributed by atoms with Crippen LogP contribution in [-0.4, -0.2) is 49.2 Å². The quantitative estimate of drug-likeness (QED) is 0.648. The van der Waals surface area contributed by atoms with Crippen molar-refractivity contribution >= 4 is 11.9 Å². The number of hydrogen-bond acceptors (Lipinski definition) is 5. The summed E-state index contributed by atoms with van der Waals surface area (Å²) < 4.78 is 9.76. The van der Waals surface area contributed by atoms with E-state index in [-0.39, 0.29) is 5.97 Å². The van der Waals surface area contributed by atoms with E-state index < -0.39 is 12.1 Å². The number of likely N-dealkylation sites (tertiary alicyclic amines) is 1. The molecule has 0 aliphatic carbocycles. The SMILES string of the molecule is O=C(CCN1CCCC1)OC1CCOC1=O. The van der Waals surface area contributed by atoms with Crippen LogP contribution in [0.3, 0.4) is 0 Å². The average Bonchev–Trinajstić information content (AvgIpc) is 2.88. The van der Waals surface area contributed by atoms with Gasteiger partial charge in [-0.25, -0.2) is 4.79 Å². The lowest BCUT2D eigenvalue weighted by molar-refractivity contribution is -0.160. The molecule has 0 aromatic rings. The van der Waals surface area contributed by atoms with E-state index in [0.29, 0.717) is 19.4 Å². The van der Waals surface area contributed by atoms with Crippen LogP contribution in [0.4, 0.5) is 0 Å². The monoisotopic (exact) mass is 227 g/mol. The highest BCUT2D eigenvalue weighted by Crippen LogP contribution is 2.12. The van der Waals surface area contributed by atoms with Crippen molar-refractivity contribution in [3.63, 3.8) is 0 Å². The van der Waals surface area contributed by atoms with E-state index in [9.17, 15) is 9.59 Å². The Labute approximate surface area is 94.7 Å². The Hall–Kier alpha value is -1.10. The molecule has 0 saturated carbocycles. The fourth-order valence-corrected chi connectivity index (χ4v) is 2.06. The van der Waals surface area contributed by atoms with Gasteiger partial charge >= 0.3 is 11.9 Å². The Kier molecular flexibility index (Phi) is 3.77. The third-order valence-corrected chi connectivity index (χ3v) is 2.99. The minimum atomic E-state index is -0.661. The highest BCUT2D eigenvalue weighted by atomic mass is 16.6. The van der Waals surface area contributed by atoms with Gasteiger partial charge in [0.05, 0.1) is 13.0 Å². The summed E-state index contributed by atoms with van der Waals surface area (Å²) >= 11 is 0. The van der Waals surface area contributed by atoms with Crippen molar-refractivity contribution in [1.82, 2.24) is 4.90 Å². The lowest BCUT2D eigenvalue weighted by Crippen LogP contribution is -2.27. The van der Waals surface area contributed by atoms with Crippen molar-refractivity contribution in [3.8, 4) is 0 Å². The van der Waals surface area contributed by atoms with Crippen LogP contribution in [0, 0.1) is 0 Å². The second-order valence-electron chi connectivity index (χ2n) is 4.23. The minimum absolute atomic E-state index is 0.296. The molecule has 0 radical (unpaired) electrons. The Bertz CT molecular complexity index is 273. The lowest BCUT2D eigenvalue weighted by atomic mass is 10.3. The second-order valence-corrected chi connectivity index (χ2v) is 4.23. The summed E-state index contributed by atoms with van der Waals surface area (Å²) in [4.78, 5) is 24.7. The number of ether oxygens (including phenoxy) is 2. The average molecular weight is 227 g/mol. The van der Waals surface area contributed by atoms with Gasteiger partial charge in [-0.15, -0.1) is 0 Å². The maximum Gasteiger partial charge on any atom is 0.347 e. The van der Waals surface area contributed by atoms with Crippen molar-refractivity contribution in [2.24, 2.45) is 0 Å². The lowest BCUT2D eigenvalue weighted by Gasteiger charge is -2.14. The molecular formula is C11H17NO4. The molecule has 0 aromatic heterocycles. The van der Waals surface area contributed by atoms with E-state index in [0.717, 1.165) is 19.6 Å². The molecule has 0 bridgehead atoms. The number of cyclic esters (lactones) is 1. The first kappa shape index (κ1) is 11.4. The second kappa shape index (κ2) is 5.30. The van der Waals surface area contributed by atoms with Gasteiger partial charge in [0.25, 0.3) is 0 Å². The molecule has 5 nitrogen and oxygen atoms in total. The molecule has 16 heavy (non-hydrogen) atoms. The largest absolute Gasteiger partial charge is 0.463 e. The summed E-state index contributed by atoms with van der Waals surface area (Å²) in [5.74, 6) is -0.703. The maximum atomic E-state index is 11.4. The summed E-state index contributed by atoms with van der Waals surface area (Å²) in [5, 5.41) is 0. The van der Waals surface area contributed by atoms with Crippen molar-refractivity contribution in [2.75, 3.05) is 26.2 Å². The van der Waals surface area contributed by atoms with Gasteiger partial charge in [-0.3, -0.25) is 4.79 Å². The normalized spacial score (nSPS) is 25.8. The van der Waals surface area contributed by atoms with Gasteiger partial charge in [-0.2, -0.15) is 0 Å². The fourth-order valence-electron chi connectivity index (χ4n) is 2.06. The number of carbonyl (C=O) groups is 2. The number of hydrogen-bond donors (Lipinski definition) is 0. The smallest absolute Gasteiger partial charge is 0.347 e. The number of rotatable bonds is 4. The summed E-state index contributed by atoms with van der Waals surface area (Å²) in [7, 11) is 0. The van der Waals surface area contributed by atoms with Crippen molar-refractivity contribution in [1.29, 1.82) is 0 Å². The Morgan fingerprint density at radius 3 is 2.81 bits per heavy atom.